The molecule has 1 aromatic heterocycles. The van der Waals surface area contributed by atoms with Crippen LogP contribution in [0.15, 0.2) is 59.0 Å². The molecule has 0 N–H and O–H groups in total. The van der Waals surface area contributed by atoms with Gasteiger partial charge in [-0.05, 0) is 42.5 Å². The van der Waals surface area contributed by atoms with Crippen molar-refractivity contribution in [2.24, 2.45) is 0 Å². The first-order valence-electron chi connectivity index (χ1n) is 8.80. The Kier molecular flexibility index (Phi) is 6.43. The number of carbonyl (C=O) groups is 1. The second kappa shape index (κ2) is 9.18. The number of para-hydroxylation sites is 1. The Morgan fingerprint density at radius 2 is 1.97 bits per heavy atom. The topological polar surface area (TPSA) is 75.7 Å². The van der Waals surface area contributed by atoms with Crippen molar-refractivity contribution < 1.29 is 18.7 Å². The van der Waals surface area contributed by atoms with Crippen LogP contribution in [-0.4, -0.2) is 25.0 Å². The van der Waals surface area contributed by atoms with Crippen LogP contribution < -0.4 is 9.47 Å². The number of ether oxygens (including phenoxy) is 2. The Balaban J connectivity index is 1.66. The predicted molar refractivity (Wildman–Crippen MR) is 108 cm³/mol. The summed E-state index contributed by atoms with van der Waals surface area (Å²) in [5.41, 5.74) is 1.23. The van der Waals surface area contributed by atoms with Crippen molar-refractivity contribution in [3.8, 4) is 17.6 Å². The summed E-state index contributed by atoms with van der Waals surface area (Å²) in [7, 11) is 3.24. The van der Waals surface area contributed by atoms with Gasteiger partial charge in [0.25, 0.3) is 5.91 Å². The summed E-state index contributed by atoms with van der Waals surface area (Å²) >= 11 is 6.05. The van der Waals surface area contributed by atoms with E-state index in [-0.39, 0.29) is 18.3 Å². The quantitative estimate of drug-likeness (QED) is 0.566. The Morgan fingerprint density at radius 3 is 2.72 bits per heavy atom. The molecule has 1 amide bonds. The van der Waals surface area contributed by atoms with Crippen molar-refractivity contribution in [1.29, 1.82) is 5.26 Å². The monoisotopic (exact) mass is 410 g/mol. The van der Waals surface area contributed by atoms with Gasteiger partial charge in [-0.15, -0.1) is 0 Å². The van der Waals surface area contributed by atoms with Crippen molar-refractivity contribution in [3.63, 3.8) is 0 Å². The molecule has 2 aromatic carbocycles. The molecule has 0 spiro atoms. The van der Waals surface area contributed by atoms with Crippen molar-refractivity contribution in [2.45, 2.75) is 13.2 Å². The van der Waals surface area contributed by atoms with Crippen molar-refractivity contribution in [2.75, 3.05) is 14.2 Å². The molecule has 6 nitrogen and oxygen atoms in total. The molecule has 0 aliphatic rings. The fourth-order valence-corrected chi connectivity index (χ4v) is 2.99. The zero-order chi connectivity index (χ0) is 20.8. The van der Waals surface area contributed by atoms with Crippen molar-refractivity contribution in [3.05, 3.63) is 82.3 Å². The summed E-state index contributed by atoms with van der Waals surface area (Å²) in [5.74, 6) is 1.51. The maximum atomic E-state index is 12.7. The second-order valence-corrected chi connectivity index (χ2v) is 6.72. The van der Waals surface area contributed by atoms with E-state index in [1.165, 1.54) is 4.90 Å². The molecule has 0 aliphatic heterocycles. The van der Waals surface area contributed by atoms with E-state index in [0.29, 0.717) is 34.4 Å². The van der Waals surface area contributed by atoms with Crippen molar-refractivity contribution >= 4 is 17.5 Å². The molecular formula is C22H19ClN2O4. The lowest BCUT2D eigenvalue weighted by Crippen LogP contribution is -2.26. The summed E-state index contributed by atoms with van der Waals surface area (Å²) < 4.78 is 16.6. The number of methoxy groups -OCH3 is 1. The first-order valence-corrected chi connectivity index (χ1v) is 9.18. The number of nitriles is 1. The van der Waals surface area contributed by atoms with Gasteiger partial charge in [0.15, 0.2) is 5.76 Å². The van der Waals surface area contributed by atoms with E-state index in [9.17, 15) is 4.79 Å². The van der Waals surface area contributed by atoms with Crippen LogP contribution in [0, 0.1) is 11.3 Å². The first kappa shape index (κ1) is 20.3. The van der Waals surface area contributed by atoms with Gasteiger partial charge in [0.05, 0.1) is 12.7 Å². The largest absolute Gasteiger partial charge is 0.496 e. The molecule has 29 heavy (non-hydrogen) atoms. The third-order valence-corrected chi connectivity index (χ3v) is 4.48. The Labute approximate surface area is 173 Å². The number of furan rings is 1. The van der Waals surface area contributed by atoms with Crippen LogP contribution in [0.5, 0.6) is 11.5 Å². The molecular weight excluding hydrogens is 392 g/mol. The number of rotatable bonds is 7. The smallest absolute Gasteiger partial charge is 0.289 e. The van der Waals surface area contributed by atoms with Gasteiger partial charge in [0, 0.05) is 24.2 Å². The van der Waals surface area contributed by atoms with Crippen LogP contribution in [0.4, 0.5) is 0 Å². The fraction of sp³-hybridized carbons (Fsp3) is 0.182. The van der Waals surface area contributed by atoms with Gasteiger partial charge in [0.2, 0.25) is 0 Å². The lowest BCUT2D eigenvalue weighted by Gasteiger charge is -2.18. The number of carbonyl (C=O) groups excluding carboxylic acids is 1. The van der Waals surface area contributed by atoms with Gasteiger partial charge in [-0.2, -0.15) is 5.26 Å². The van der Waals surface area contributed by atoms with E-state index in [0.717, 1.165) is 5.56 Å². The Bertz CT molecular complexity index is 1050. The molecule has 0 aliphatic carbocycles. The SMILES string of the molecule is COc1ccc(Cl)cc1CN(C)C(=O)c1ccc(COc2ccccc2C#N)o1. The first-order chi connectivity index (χ1) is 14.0. The number of hydrogen-bond donors (Lipinski definition) is 0. The van der Waals surface area contributed by atoms with E-state index in [2.05, 4.69) is 6.07 Å². The van der Waals surface area contributed by atoms with Gasteiger partial charge in [-0.25, -0.2) is 0 Å². The number of nitrogens with zero attached hydrogens (tertiary/aromatic N) is 2. The summed E-state index contributed by atoms with van der Waals surface area (Å²) in [4.78, 5) is 14.2. The minimum absolute atomic E-state index is 0.109. The molecule has 1 heterocycles. The van der Waals surface area contributed by atoms with Gasteiger partial charge in [-0.3, -0.25) is 4.79 Å². The molecule has 3 rings (SSSR count). The molecule has 148 valence electrons. The Hall–Kier alpha value is -3.43. The molecule has 0 bridgehead atoms. The third kappa shape index (κ3) is 4.89. The van der Waals surface area contributed by atoms with Crippen LogP contribution in [-0.2, 0) is 13.2 Å². The summed E-state index contributed by atoms with van der Waals surface area (Å²) in [5, 5.41) is 9.67. The summed E-state index contributed by atoms with van der Waals surface area (Å²) in [6, 6.07) is 17.5. The number of benzene rings is 2. The highest BCUT2D eigenvalue weighted by atomic mass is 35.5. The minimum atomic E-state index is -0.282. The lowest BCUT2D eigenvalue weighted by molar-refractivity contribution is 0.0748. The molecule has 0 saturated carbocycles. The van der Waals surface area contributed by atoms with E-state index in [4.69, 9.17) is 30.8 Å². The van der Waals surface area contributed by atoms with Gasteiger partial charge in [0.1, 0.15) is 29.9 Å². The zero-order valence-corrected chi connectivity index (χ0v) is 16.8. The van der Waals surface area contributed by atoms with Gasteiger partial charge >= 0.3 is 0 Å². The molecule has 0 atom stereocenters. The van der Waals surface area contributed by atoms with Crippen LogP contribution in [0.2, 0.25) is 5.02 Å². The van der Waals surface area contributed by atoms with E-state index >= 15 is 0 Å². The highest BCUT2D eigenvalue weighted by molar-refractivity contribution is 6.30. The van der Waals surface area contributed by atoms with Crippen molar-refractivity contribution in [1.82, 2.24) is 4.90 Å². The number of halogens is 1. The molecule has 0 radical (unpaired) electrons. The molecule has 0 unspecified atom stereocenters. The molecule has 0 fully saturated rings. The zero-order valence-electron chi connectivity index (χ0n) is 16.0. The number of hydrogen-bond acceptors (Lipinski definition) is 5. The molecule has 7 heteroatoms. The standard InChI is InChI=1S/C22H19ClN2O4/c1-25(13-16-11-17(23)7-9-19(16)27-2)22(26)21-10-8-18(29-21)14-28-20-6-4-3-5-15(20)12-24/h3-11H,13-14H2,1-2H3. The second-order valence-electron chi connectivity index (χ2n) is 6.28. The average molecular weight is 411 g/mol. The van der Waals surface area contributed by atoms with E-state index in [1.54, 1.807) is 68.8 Å². The highest BCUT2D eigenvalue weighted by Crippen LogP contribution is 2.25. The highest BCUT2D eigenvalue weighted by Gasteiger charge is 2.18. The lowest BCUT2D eigenvalue weighted by atomic mass is 10.2. The number of amides is 1. The molecule has 3 aromatic rings. The van der Waals surface area contributed by atoms with Gasteiger partial charge < -0.3 is 18.8 Å². The summed E-state index contributed by atoms with van der Waals surface area (Å²) in [6.07, 6.45) is 0. The van der Waals surface area contributed by atoms with Crippen LogP contribution in [0.25, 0.3) is 0 Å². The Morgan fingerprint density at radius 1 is 1.17 bits per heavy atom. The fourth-order valence-electron chi connectivity index (χ4n) is 2.79. The van der Waals surface area contributed by atoms with Gasteiger partial charge in [-0.1, -0.05) is 23.7 Å². The minimum Gasteiger partial charge on any atom is -0.496 e. The molecule has 0 saturated heterocycles. The third-order valence-electron chi connectivity index (χ3n) is 4.25. The average Bonchev–Trinajstić information content (AvgIpc) is 3.21. The van der Waals surface area contributed by atoms with E-state index in [1.807, 2.05) is 0 Å². The maximum Gasteiger partial charge on any atom is 0.289 e. The summed E-state index contributed by atoms with van der Waals surface area (Å²) in [6.45, 7) is 0.419. The predicted octanol–water partition coefficient (Wildman–Crippen LogP) is 4.66. The van der Waals surface area contributed by atoms with Crippen LogP contribution in [0.1, 0.15) is 27.4 Å². The maximum absolute atomic E-state index is 12.7. The normalized spacial score (nSPS) is 10.3. The van der Waals surface area contributed by atoms with E-state index < -0.39 is 0 Å². The van der Waals surface area contributed by atoms with Crippen LogP contribution >= 0.6 is 11.6 Å². The van der Waals surface area contributed by atoms with Crippen LogP contribution in [0.3, 0.4) is 0 Å².